The fourth-order valence-electron chi connectivity index (χ4n) is 4.74. The Morgan fingerprint density at radius 2 is 1.71 bits per heavy atom. The molecule has 0 unspecified atom stereocenters. The minimum absolute atomic E-state index is 0. The van der Waals surface area contributed by atoms with Crippen molar-refractivity contribution in [1.82, 2.24) is 24.6 Å². The molecule has 0 radical (unpaired) electrons. The van der Waals surface area contributed by atoms with Gasteiger partial charge in [0.15, 0.2) is 5.82 Å². The second-order valence-electron chi connectivity index (χ2n) is 9.20. The summed E-state index contributed by atoms with van der Waals surface area (Å²) in [6.07, 6.45) is 9.11. The Kier molecular flexibility index (Phi) is 7.04. The number of pyridine rings is 2. The summed E-state index contributed by atoms with van der Waals surface area (Å²) in [5, 5.41) is 4.55. The molecule has 0 fully saturated rings. The predicted octanol–water partition coefficient (Wildman–Crippen LogP) is 6.14. The van der Waals surface area contributed by atoms with E-state index in [1.54, 1.807) is 17.1 Å². The first-order valence-electron chi connectivity index (χ1n) is 12.0. The summed E-state index contributed by atoms with van der Waals surface area (Å²) < 4.78 is 7.84. The standard InChI is InChI=1S/C30H25N6O.Pt/c1-20-12-21(2)30(22(3)13-20)23-8-9-31-29(14-23)36-28-16-26(17-32-27(28)18-33-36)37-25-7-5-6-24(15-25)35-11-10-34(4)19-35;/h5-14,17-19H,1-4H3;/q-3;. The van der Waals surface area contributed by atoms with E-state index in [0.29, 0.717) is 28.4 Å². The van der Waals surface area contributed by atoms with Crippen LogP contribution >= 0.6 is 0 Å². The molecular formula is C30H25N6OPt-3. The third-order valence-electron chi connectivity index (χ3n) is 6.26. The number of fused-ring (bicyclic) bond motifs is 1. The average molecular weight is 681 g/mol. The topological polar surface area (TPSA) is 59.3 Å². The Morgan fingerprint density at radius 3 is 2.47 bits per heavy atom. The maximum Gasteiger partial charge on any atom is 0.152 e. The van der Waals surface area contributed by atoms with Crippen LogP contribution in [0.25, 0.3) is 28.0 Å². The van der Waals surface area contributed by atoms with Gasteiger partial charge in [-0.1, -0.05) is 17.7 Å². The van der Waals surface area contributed by atoms with Crippen LogP contribution in [0.3, 0.4) is 0 Å². The largest absolute Gasteiger partial charge is 0.510 e. The SMILES string of the molecule is Cc1cc(C)c(-c2ccnc(-n3ncc4ncc(Oc5[c-]c(N6C=CN(C)[CH-]6)ccc5)[c-]c43)c2)c(C)c1.[Pt]. The number of rotatable bonds is 5. The third kappa shape index (κ3) is 4.94. The first kappa shape index (κ1) is 25.7. The maximum absolute atomic E-state index is 6.10. The molecule has 194 valence electrons. The number of ether oxygens (including phenoxy) is 1. The summed E-state index contributed by atoms with van der Waals surface area (Å²) in [5.74, 6) is 1.74. The second kappa shape index (κ2) is 10.4. The van der Waals surface area contributed by atoms with Crippen molar-refractivity contribution in [2.24, 2.45) is 0 Å². The normalized spacial score (nSPS) is 12.7. The van der Waals surface area contributed by atoms with Gasteiger partial charge in [0.1, 0.15) is 0 Å². The Morgan fingerprint density at radius 1 is 0.895 bits per heavy atom. The molecule has 1 aliphatic heterocycles. The van der Waals surface area contributed by atoms with Crippen LogP contribution in [0.5, 0.6) is 11.5 Å². The van der Waals surface area contributed by atoms with Gasteiger partial charge in [0.05, 0.1) is 0 Å². The van der Waals surface area contributed by atoms with Crippen LogP contribution in [0.1, 0.15) is 16.7 Å². The molecule has 6 rings (SSSR count). The summed E-state index contributed by atoms with van der Waals surface area (Å²) in [6.45, 7) is 8.37. The number of hydrogen-bond donors (Lipinski definition) is 0. The van der Waals surface area contributed by atoms with E-state index in [2.05, 4.69) is 60.1 Å². The van der Waals surface area contributed by atoms with E-state index in [1.165, 1.54) is 22.3 Å². The van der Waals surface area contributed by atoms with Crippen molar-refractivity contribution < 1.29 is 25.8 Å². The monoisotopic (exact) mass is 680 g/mol. The van der Waals surface area contributed by atoms with Crippen LogP contribution in [0.2, 0.25) is 0 Å². The molecule has 4 heterocycles. The van der Waals surface area contributed by atoms with Gasteiger partial charge < -0.3 is 19.5 Å². The molecule has 0 atom stereocenters. The van der Waals surface area contributed by atoms with Crippen molar-refractivity contribution in [1.29, 1.82) is 0 Å². The Bertz CT molecular complexity index is 1640. The molecule has 2 aromatic carbocycles. The number of nitrogens with zero attached hydrogens (tertiary/aromatic N) is 6. The van der Waals surface area contributed by atoms with E-state index in [0.717, 1.165) is 11.3 Å². The molecule has 0 bridgehead atoms. The molecule has 8 heteroatoms. The molecule has 0 saturated carbocycles. The summed E-state index contributed by atoms with van der Waals surface area (Å²) in [4.78, 5) is 13.1. The first-order valence-corrected chi connectivity index (χ1v) is 12.0. The van der Waals surface area contributed by atoms with E-state index in [9.17, 15) is 0 Å². The average Bonchev–Trinajstić information content (AvgIpc) is 3.50. The maximum atomic E-state index is 6.10. The van der Waals surface area contributed by atoms with Crippen molar-refractivity contribution in [3.63, 3.8) is 0 Å². The fraction of sp³-hybridized carbons (Fsp3) is 0.133. The molecular weight excluding hydrogens is 655 g/mol. The summed E-state index contributed by atoms with van der Waals surface area (Å²) in [6, 6.07) is 20.9. The van der Waals surface area contributed by atoms with Crippen molar-refractivity contribution >= 4 is 16.7 Å². The Balaban J connectivity index is 0.00000294. The van der Waals surface area contributed by atoms with Crippen molar-refractivity contribution in [3.05, 3.63) is 109 Å². The van der Waals surface area contributed by atoms with Crippen LogP contribution in [-0.2, 0) is 21.1 Å². The van der Waals surface area contributed by atoms with Crippen molar-refractivity contribution in [3.8, 4) is 28.4 Å². The molecule has 0 saturated heterocycles. The third-order valence-corrected chi connectivity index (χ3v) is 6.26. The molecule has 0 aliphatic carbocycles. The van der Waals surface area contributed by atoms with Gasteiger partial charge in [-0.05, 0) is 91.8 Å². The van der Waals surface area contributed by atoms with Crippen molar-refractivity contribution in [2.45, 2.75) is 20.8 Å². The van der Waals surface area contributed by atoms with Gasteiger partial charge in [-0.3, -0.25) is 0 Å². The van der Waals surface area contributed by atoms with Gasteiger partial charge in [-0.2, -0.15) is 17.8 Å². The molecule has 0 N–H and O–H groups in total. The Hall–Kier alpha value is -3.96. The van der Waals surface area contributed by atoms with Gasteiger partial charge in [-0.25, -0.2) is 9.67 Å². The molecule has 0 spiro atoms. The molecule has 0 amide bonds. The zero-order chi connectivity index (χ0) is 25.5. The summed E-state index contributed by atoms with van der Waals surface area (Å²) in [5.41, 5.74) is 8.29. The van der Waals surface area contributed by atoms with Crippen molar-refractivity contribution in [2.75, 3.05) is 11.9 Å². The minimum Gasteiger partial charge on any atom is -0.510 e. The van der Waals surface area contributed by atoms with Crippen LogP contribution in [-0.4, -0.2) is 31.7 Å². The van der Waals surface area contributed by atoms with Crippen LogP contribution < -0.4 is 9.64 Å². The molecule has 3 aromatic heterocycles. The van der Waals surface area contributed by atoms with Gasteiger partial charge >= 0.3 is 0 Å². The number of benzene rings is 2. The van der Waals surface area contributed by atoms with Gasteiger partial charge in [-0.15, -0.1) is 30.0 Å². The quantitative estimate of drug-likeness (QED) is 0.208. The fourth-order valence-corrected chi connectivity index (χ4v) is 4.74. The zero-order valence-corrected chi connectivity index (χ0v) is 23.7. The molecule has 7 nitrogen and oxygen atoms in total. The van der Waals surface area contributed by atoms with Gasteiger partial charge in [0.2, 0.25) is 0 Å². The van der Waals surface area contributed by atoms with Crippen LogP contribution in [0.15, 0.2) is 73.5 Å². The molecule has 5 aromatic rings. The first-order chi connectivity index (χ1) is 17.9. The number of aryl methyl sites for hydroxylation is 3. The van der Waals surface area contributed by atoms with Gasteiger partial charge in [0.25, 0.3) is 0 Å². The summed E-state index contributed by atoms with van der Waals surface area (Å²) >= 11 is 0. The summed E-state index contributed by atoms with van der Waals surface area (Å²) in [7, 11) is 1.98. The van der Waals surface area contributed by atoms with Crippen LogP contribution in [0.4, 0.5) is 5.69 Å². The van der Waals surface area contributed by atoms with E-state index in [1.807, 2.05) is 72.4 Å². The van der Waals surface area contributed by atoms with E-state index in [4.69, 9.17) is 4.74 Å². The van der Waals surface area contributed by atoms with E-state index in [-0.39, 0.29) is 21.1 Å². The smallest absolute Gasteiger partial charge is 0.152 e. The predicted molar refractivity (Wildman–Crippen MR) is 144 cm³/mol. The van der Waals surface area contributed by atoms with Gasteiger partial charge in [0, 0.05) is 45.0 Å². The number of anilines is 1. The van der Waals surface area contributed by atoms with E-state index < -0.39 is 0 Å². The second-order valence-corrected chi connectivity index (χ2v) is 9.20. The van der Waals surface area contributed by atoms with E-state index >= 15 is 0 Å². The molecule has 1 aliphatic rings. The number of hydrogen-bond acceptors (Lipinski definition) is 6. The zero-order valence-electron chi connectivity index (χ0n) is 21.4. The Labute approximate surface area is 236 Å². The number of aromatic nitrogens is 4. The van der Waals surface area contributed by atoms with Crippen LogP contribution in [0, 0.1) is 39.6 Å². The molecule has 38 heavy (non-hydrogen) atoms. The minimum atomic E-state index is 0.